The molecule has 0 radical (unpaired) electrons. The lowest BCUT2D eigenvalue weighted by molar-refractivity contribution is 0.222. The van der Waals surface area contributed by atoms with Crippen LogP contribution in [0.5, 0.6) is 0 Å². The highest BCUT2D eigenvalue weighted by Gasteiger charge is 2.20. The maximum absolute atomic E-state index is 6.25. The first kappa shape index (κ1) is 15.3. The number of likely N-dealkylation sites (tertiary alicyclic amines) is 1. The topological polar surface area (TPSA) is 32.5 Å². The molecule has 1 atom stereocenters. The summed E-state index contributed by atoms with van der Waals surface area (Å²) in [4.78, 5) is 4.83. The number of hydrogen-bond acceptors (Lipinski definition) is 3. The van der Waals surface area contributed by atoms with Crippen molar-refractivity contribution in [2.45, 2.75) is 32.2 Å². The SMILES string of the molecule is CC[C@H](N)c1ccccc1N(C)CC1CCN(C)CC1. The Kier molecular flexibility index (Phi) is 5.44. The summed E-state index contributed by atoms with van der Waals surface area (Å²) in [6.07, 6.45) is 3.60. The largest absolute Gasteiger partial charge is 0.374 e. The first-order valence-electron chi connectivity index (χ1n) is 7.86. The molecule has 1 heterocycles. The Morgan fingerprint density at radius 1 is 1.30 bits per heavy atom. The molecule has 0 bridgehead atoms. The van der Waals surface area contributed by atoms with Gasteiger partial charge in [0.1, 0.15) is 0 Å². The number of piperidine rings is 1. The zero-order valence-electron chi connectivity index (χ0n) is 13.2. The van der Waals surface area contributed by atoms with E-state index in [9.17, 15) is 0 Å². The van der Waals surface area contributed by atoms with Gasteiger partial charge in [-0.3, -0.25) is 0 Å². The maximum Gasteiger partial charge on any atom is 0.0412 e. The van der Waals surface area contributed by atoms with Crippen LogP contribution < -0.4 is 10.6 Å². The molecule has 0 unspecified atom stereocenters. The van der Waals surface area contributed by atoms with Gasteiger partial charge in [-0.1, -0.05) is 25.1 Å². The van der Waals surface area contributed by atoms with Crippen molar-refractivity contribution in [1.82, 2.24) is 4.90 Å². The van der Waals surface area contributed by atoms with Gasteiger partial charge in [0.05, 0.1) is 0 Å². The van der Waals surface area contributed by atoms with Gasteiger partial charge in [-0.25, -0.2) is 0 Å². The predicted molar refractivity (Wildman–Crippen MR) is 87.2 cm³/mol. The summed E-state index contributed by atoms with van der Waals surface area (Å²) in [5.74, 6) is 0.808. The van der Waals surface area contributed by atoms with E-state index in [1.54, 1.807) is 0 Å². The van der Waals surface area contributed by atoms with Crippen molar-refractivity contribution in [3.05, 3.63) is 29.8 Å². The molecule has 1 aliphatic heterocycles. The lowest BCUT2D eigenvalue weighted by Gasteiger charge is -2.33. The summed E-state index contributed by atoms with van der Waals surface area (Å²) < 4.78 is 0. The van der Waals surface area contributed by atoms with E-state index >= 15 is 0 Å². The van der Waals surface area contributed by atoms with Crippen molar-refractivity contribution < 1.29 is 0 Å². The molecule has 3 heteroatoms. The summed E-state index contributed by atoms with van der Waals surface area (Å²) in [5.41, 5.74) is 8.84. The van der Waals surface area contributed by atoms with E-state index < -0.39 is 0 Å². The van der Waals surface area contributed by atoms with Gasteiger partial charge in [-0.2, -0.15) is 0 Å². The van der Waals surface area contributed by atoms with Crippen molar-refractivity contribution in [3.63, 3.8) is 0 Å². The molecule has 112 valence electrons. The summed E-state index contributed by atoms with van der Waals surface area (Å²) in [6.45, 7) is 5.75. The van der Waals surface area contributed by atoms with Crippen LogP contribution in [0.3, 0.4) is 0 Å². The average Bonchev–Trinajstić information content (AvgIpc) is 2.48. The van der Waals surface area contributed by atoms with Gasteiger partial charge in [0, 0.05) is 25.3 Å². The monoisotopic (exact) mass is 275 g/mol. The summed E-state index contributed by atoms with van der Waals surface area (Å²) >= 11 is 0. The Morgan fingerprint density at radius 3 is 2.60 bits per heavy atom. The van der Waals surface area contributed by atoms with Gasteiger partial charge >= 0.3 is 0 Å². The number of para-hydroxylation sites is 1. The quantitative estimate of drug-likeness (QED) is 0.897. The molecule has 0 saturated carbocycles. The van der Waals surface area contributed by atoms with Crippen LogP contribution in [-0.4, -0.2) is 38.6 Å². The Balaban J connectivity index is 2.03. The zero-order chi connectivity index (χ0) is 14.5. The van der Waals surface area contributed by atoms with Crippen LogP contribution in [0.1, 0.15) is 37.8 Å². The van der Waals surface area contributed by atoms with E-state index in [0.717, 1.165) is 18.9 Å². The predicted octanol–water partition coefficient (Wildman–Crippen LogP) is 2.87. The van der Waals surface area contributed by atoms with Gasteiger partial charge in [0.2, 0.25) is 0 Å². The Labute approximate surface area is 123 Å². The number of rotatable bonds is 5. The van der Waals surface area contributed by atoms with Crippen molar-refractivity contribution in [3.8, 4) is 0 Å². The highest BCUT2D eigenvalue weighted by atomic mass is 15.1. The van der Waals surface area contributed by atoms with Crippen molar-refractivity contribution in [1.29, 1.82) is 0 Å². The molecule has 1 aromatic carbocycles. The first-order valence-corrected chi connectivity index (χ1v) is 7.86. The fourth-order valence-electron chi connectivity index (χ4n) is 3.10. The van der Waals surface area contributed by atoms with Crippen LogP contribution >= 0.6 is 0 Å². The highest BCUT2D eigenvalue weighted by molar-refractivity contribution is 5.54. The second kappa shape index (κ2) is 7.09. The Morgan fingerprint density at radius 2 is 1.95 bits per heavy atom. The molecule has 20 heavy (non-hydrogen) atoms. The second-order valence-electron chi connectivity index (χ2n) is 6.20. The molecular formula is C17H29N3. The van der Waals surface area contributed by atoms with E-state index in [2.05, 4.69) is 55.1 Å². The molecule has 2 rings (SSSR count). The molecule has 0 amide bonds. The third kappa shape index (κ3) is 3.74. The molecule has 0 aromatic heterocycles. The molecule has 1 aliphatic rings. The zero-order valence-corrected chi connectivity index (χ0v) is 13.2. The molecule has 0 aliphatic carbocycles. The second-order valence-corrected chi connectivity index (χ2v) is 6.20. The van der Waals surface area contributed by atoms with Crippen LogP contribution in [0.2, 0.25) is 0 Å². The lowest BCUT2D eigenvalue weighted by Crippen LogP contribution is -2.36. The highest BCUT2D eigenvalue weighted by Crippen LogP contribution is 2.28. The van der Waals surface area contributed by atoms with Crippen molar-refractivity contribution in [2.75, 3.05) is 38.6 Å². The average molecular weight is 275 g/mol. The molecule has 1 saturated heterocycles. The standard InChI is InChI=1S/C17H29N3/c1-4-16(18)15-7-5-6-8-17(15)20(3)13-14-9-11-19(2)12-10-14/h5-8,14,16H,4,9-13,18H2,1-3H3/t16-/m0/s1. The minimum Gasteiger partial charge on any atom is -0.374 e. The lowest BCUT2D eigenvalue weighted by atomic mass is 9.95. The number of nitrogens with zero attached hydrogens (tertiary/aromatic N) is 2. The third-order valence-corrected chi connectivity index (χ3v) is 4.56. The Hall–Kier alpha value is -1.06. The number of benzene rings is 1. The fraction of sp³-hybridized carbons (Fsp3) is 0.647. The third-order valence-electron chi connectivity index (χ3n) is 4.56. The van der Waals surface area contributed by atoms with E-state index in [1.807, 2.05) is 0 Å². The first-order chi connectivity index (χ1) is 9.61. The van der Waals surface area contributed by atoms with E-state index in [0.29, 0.717) is 0 Å². The van der Waals surface area contributed by atoms with Crippen LogP contribution in [0, 0.1) is 5.92 Å². The van der Waals surface area contributed by atoms with E-state index in [-0.39, 0.29) is 6.04 Å². The van der Waals surface area contributed by atoms with Crippen molar-refractivity contribution in [2.24, 2.45) is 11.7 Å². The summed E-state index contributed by atoms with van der Waals surface area (Å²) in [5, 5.41) is 0. The van der Waals surface area contributed by atoms with Crippen LogP contribution in [0.25, 0.3) is 0 Å². The van der Waals surface area contributed by atoms with Gasteiger partial charge in [0.15, 0.2) is 0 Å². The summed E-state index contributed by atoms with van der Waals surface area (Å²) in [6, 6.07) is 8.74. The maximum atomic E-state index is 6.25. The molecular weight excluding hydrogens is 246 g/mol. The van der Waals surface area contributed by atoms with Gasteiger partial charge in [0.25, 0.3) is 0 Å². The minimum atomic E-state index is 0.145. The van der Waals surface area contributed by atoms with Crippen molar-refractivity contribution >= 4 is 5.69 Å². The molecule has 2 N–H and O–H groups in total. The van der Waals surface area contributed by atoms with Gasteiger partial charge in [-0.05, 0) is 56.9 Å². The van der Waals surface area contributed by atoms with Crippen LogP contribution in [-0.2, 0) is 0 Å². The Bertz CT molecular complexity index is 410. The van der Waals surface area contributed by atoms with Crippen LogP contribution in [0.15, 0.2) is 24.3 Å². The minimum absolute atomic E-state index is 0.145. The molecule has 1 aromatic rings. The molecule has 3 nitrogen and oxygen atoms in total. The number of nitrogens with two attached hydrogens (primary N) is 1. The normalized spacial score (nSPS) is 19.0. The smallest absolute Gasteiger partial charge is 0.0412 e. The van der Waals surface area contributed by atoms with Gasteiger partial charge in [-0.15, -0.1) is 0 Å². The van der Waals surface area contributed by atoms with E-state index in [4.69, 9.17) is 5.73 Å². The van der Waals surface area contributed by atoms with E-state index in [1.165, 1.54) is 37.2 Å². The number of hydrogen-bond donors (Lipinski definition) is 1. The summed E-state index contributed by atoms with van der Waals surface area (Å²) in [7, 11) is 4.43. The van der Waals surface area contributed by atoms with Crippen LogP contribution in [0.4, 0.5) is 5.69 Å². The number of anilines is 1. The van der Waals surface area contributed by atoms with Gasteiger partial charge < -0.3 is 15.5 Å². The fourth-order valence-corrected chi connectivity index (χ4v) is 3.10. The molecule has 0 spiro atoms. The molecule has 1 fully saturated rings.